The van der Waals surface area contributed by atoms with Crippen LogP contribution in [0.1, 0.15) is 36.5 Å². The Labute approximate surface area is 173 Å². The minimum atomic E-state index is -0.565. The number of nitrogens with one attached hydrogen (secondary N) is 1. The third-order valence-corrected chi connectivity index (χ3v) is 5.37. The molecule has 2 aromatic carbocycles. The van der Waals surface area contributed by atoms with Crippen molar-refractivity contribution in [3.05, 3.63) is 59.2 Å². The molecular formula is C22H25B2N3O2. The van der Waals surface area contributed by atoms with E-state index in [1.54, 1.807) is 0 Å². The quantitative estimate of drug-likeness (QED) is 0.585. The first-order valence-corrected chi connectivity index (χ1v) is 9.72. The van der Waals surface area contributed by atoms with E-state index in [-0.39, 0.29) is 17.3 Å². The zero-order valence-corrected chi connectivity index (χ0v) is 17.4. The summed E-state index contributed by atoms with van der Waals surface area (Å²) in [7, 11) is 4.13. The number of rotatable bonds is 6. The molecule has 1 amide bonds. The van der Waals surface area contributed by atoms with Crippen LogP contribution < -0.4 is 15.8 Å². The maximum atomic E-state index is 11.3. The fraction of sp³-hybridized carbons (Fsp3) is 0.273. The Bertz CT molecular complexity index is 1020. The zero-order chi connectivity index (χ0) is 21.3. The third-order valence-electron chi connectivity index (χ3n) is 5.37. The predicted molar refractivity (Wildman–Crippen MR) is 122 cm³/mol. The Balaban J connectivity index is 2.15. The molecule has 0 fully saturated rings. The first-order valence-electron chi connectivity index (χ1n) is 9.72. The molecule has 0 aliphatic carbocycles. The third kappa shape index (κ3) is 3.88. The number of primary amides is 1. The number of carbonyl (C=O) groups excluding carboxylic acids is 1. The first-order chi connectivity index (χ1) is 13.7. The van der Waals surface area contributed by atoms with Gasteiger partial charge in [0.2, 0.25) is 5.91 Å². The Kier molecular flexibility index (Phi) is 5.48. The number of nitrogens with two attached hydrogens (primary N) is 1. The summed E-state index contributed by atoms with van der Waals surface area (Å²) in [6.45, 7) is 8.69. The van der Waals surface area contributed by atoms with Gasteiger partial charge in [-0.3, -0.25) is 4.79 Å². The molecule has 2 aromatic rings. The van der Waals surface area contributed by atoms with Crippen LogP contribution in [0.3, 0.4) is 0 Å². The Hall–Kier alpha value is -3.13. The van der Waals surface area contributed by atoms with Crippen molar-refractivity contribution in [1.29, 1.82) is 5.26 Å². The van der Waals surface area contributed by atoms with Crippen molar-refractivity contribution in [3.8, 4) is 22.9 Å². The number of hydrogen-bond acceptors (Lipinski definition) is 4. The van der Waals surface area contributed by atoms with Gasteiger partial charge in [-0.15, -0.1) is 0 Å². The number of ether oxygens (including phenoxy) is 1. The van der Waals surface area contributed by atoms with E-state index in [9.17, 15) is 10.1 Å². The average molecular weight is 385 g/mol. The molecule has 1 aliphatic rings. The number of benzene rings is 2. The van der Waals surface area contributed by atoms with Gasteiger partial charge in [0, 0.05) is 23.2 Å². The second-order valence-electron chi connectivity index (χ2n) is 8.43. The van der Waals surface area contributed by atoms with Crippen LogP contribution in [0.4, 0.5) is 5.69 Å². The first kappa shape index (κ1) is 20.6. The van der Waals surface area contributed by atoms with Gasteiger partial charge in [0.05, 0.1) is 17.9 Å². The Morgan fingerprint density at radius 3 is 2.59 bits per heavy atom. The van der Waals surface area contributed by atoms with Crippen molar-refractivity contribution in [1.82, 2.24) is 0 Å². The molecule has 5 nitrogen and oxygen atoms in total. The normalized spacial score (nSPS) is 14.0. The van der Waals surface area contributed by atoms with Crippen molar-refractivity contribution in [2.24, 2.45) is 5.73 Å². The number of nitrogens with zero attached hydrogens (tertiary/aromatic N) is 1. The molecule has 0 saturated heterocycles. The van der Waals surface area contributed by atoms with E-state index in [0.29, 0.717) is 23.8 Å². The van der Waals surface area contributed by atoms with Gasteiger partial charge in [-0.1, -0.05) is 44.7 Å². The molecule has 0 saturated carbocycles. The lowest BCUT2D eigenvalue weighted by atomic mass is 9.51. The smallest absolute Gasteiger partial charge is 0.245 e. The van der Waals surface area contributed by atoms with Crippen LogP contribution in [0.15, 0.2) is 42.5 Å². The van der Waals surface area contributed by atoms with Crippen molar-refractivity contribution in [2.75, 3.05) is 18.5 Å². The molecule has 146 valence electrons. The lowest BCUT2D eigenvalue weighted by Crippen LogP contribution is -2.29. The highest BCUT2D eigenvalue weighted by Gasteiger charge is 2.37. The van der Waals surface area contributed by atoms with Crippen molar-refractivity contribution in [3.63, 3.8) is 0 Å². The van der Waals surface area contributed by atoms with Crippen molar-refractivity contribution in [2.45, 2.75) is 25.0 Å². The highest BCUT2D eigenvalue weighted by molar-refractivity contribution is 6.41. The standard InChI is InChI=1S/C22H25B2N3O2/c1-12(2)14-4-6-15(7-5-14)16-8-18(27-10-13(3)21(26)28)17(9-25)19-20(16)29-11-22(19,23)24/h4-8,12,27H,3,10-11,23-24H2,1-2H3,(H2,26,28). The van der Waals surface area contributed by atoms with Gasteiger partial charge in [0.1, 0.15) is 27.5 Å². The van der Waals surface area contributed by atoms with Gasteiger partial charge in [0.25, 0.3) is 0 Å². The minimum absolute atomic E-state index is 0.176. The number of hydrogen-bond donors (Lipinski definition) is 2. The van der Waals surface area contributed by atoms with Gasteiger partial charge < -0.3 is 15.8 Å². The monoisotopic (exact) mass is 385 g/mol. The molecule has 3 rings (SSSR count). The fourth-order valence-electron chi connectivity index (χ4n) is 3.59. The zero-order valence-electron chi connectivity index (χ0n) is 17.4. The van der Waals surface area contributed by atoms with E-state index in [0.717, 1.165) is 22.4 Å². The molecule has 0 bridgehead atoms. The number of nitriles is 1. The largest absolute Gasteiger partial charge is 0.493 e. The summed E-state index contributed by atoms with van der Waals surface area (Å²) < 4.78 is 6.07. The summed E-state index contributed by atoms with van der Waals surface area (Å²) in [6.07, 6.45) is 0. The molecule has 29 heavy (non-hydrogen) atoms. The van der Waals surface area contributed by atoms with E-state index >= 15 is 0 Å². The number of anilines is 1. The lowest BCUT2D eigenvalue weighted by molar-refractivity contribution is -0.114. The summed E-state index contributed by atoms with van der Waals surface area (Å²) in [4.78, 5) is 11.3. The SMILES string of the molecule is BC1(B)COc2c(-c3ccc(C(C)C)cc3)cc(NCC(=C)C(N)=O)c(C#N)c21. The molecule has 0 aromatic heterocycles. The van der Waals surface area contributed by atoms with Gasteiger partial charge in [-0.25, -0.2) is 0 Å². The van der Waals surface area contributed by atoms with Crippen LogP contribution in [-0.2, 0) is 10.0 Å². The number of fused-ring (bicyclic) bond motifs is 1. The molecule has 0 spiro atoms. The molecule has 1 aliphatic heterocycles. The van der Waals surface area contributed by atoms with E-state index in [1.807, 2.05) is 6.07 Å². The maximum Gasteiger partial charge on any atom is 0.245 e. The number of amides is 1. The van der Waals surface area contributed by atoms with Crippen molar-refractivity contribution < 1.29 is 9.53 Å². The highest BCUT2D eigenvalue weighted by atomic mass is 16.5. The van der Waals surface area contributed by atoms with Gasteiger partial charge in [-0.2, -0.15) is 5.26 Å². The van der Waals surface area contributed by atoms with E-state index in [4.69, 9.17) is 10.5 Å². The lowest BCUT2D eigenvalue weighted by Gasteiger charge is -2.21. The molecule has 1 heterocycles. The molecule has 3 N–H and O–H groups in total. The van der Waals surface area contributed by atoms with Gasteiger partial charge in [0.15, 0.2) is 0 Å². The summed E-state index contributed by atoms with van der Waals surface area (Å²) in [5.41, 5.74) is 10.8. The molecular weight excluding hydrogens is 360 g/mol. The maximum absolute atomic E-state index is 11.3. The highest BCUT2D eigenvalue weighted by Crippen LogP contribution is 2.47. The fourth-order valence-corrected chi connectivity index (χ4v) is 3.59. The second-order valence-corrected chi connectivity index (χ2v) is 8.43. The van der Waals surface area contributed by atoms with Gasteiger partial charge in [-0.05, 0) is 28.3 Å². The van der Waals surface area contributed by atoms with Crippen molar-refractivity contribution >= 4 is 27.3 Å². The van der Waals surface area contributed by atoms with Crippen LogP contribution >= 0.6 is 0 Å². The molecule has 0 unspecified atom stereocenters. The molecule has 0 atom stereocenters. The Morgan fingerprint density at radius 1 is 1.38 bits per heavy atom. The predicted octanol–water partition coefficient (Wildman–Crippen LogP) is 1.61. The van der Waals surface area contributed by atoms with Crippen LogP contribution in [-0.4, -0.2) is 34.8 Å². The van der Waals surface area contributed by atoms with Crippen LogP contribution in [0, 0.1) is 11.3 Å². The summed E-state index contributed by atoms with van der Waals surface area (Å²) >= 11 is 0. The average Bonchev–Trinajstić information content (AvgIpc) is 3.00. The summed E-state index contributed by atoms with van der Waals surface area (Å²) in [6, 6.07) is 12.6. The Morgan fingerprint density at radius 2 is 2.03 bits per heavy atom. The van der Waals surface area contributed by atoms with E-state index in [2.05, 4.69) is 71.8 Å². The minimum Gasteiger partial charge on any atom is -0.493 e. The number of carbonyl (C=O) groups is 1. The summed E-state index contributed by atoms with van der Waals surface area (Å²) in [5, 5.41) is 12.8. The second kappa shape index (κ2) is 7.71. The van der Waals surface area contributed by atoms with Crippen LogP contribution in [0.5, 0.6) is 5.75 Å². The molecule has 0 radical (unpaired) electrons. The topological polar surface area (TPSA) is 88.1 Å². The van der Waals surface area contributed by atoms with Gasteiger partial charge >= 0.3 is 0 Å². The van der Waals surface area contributed by atoms with Crippen LogP contribution in [0.25, 0.3) is 11.1 Å². The molecule has 7 heteroatoms. The summed E-state index contributed by atoms with van der Waals surface area (Å²) in [5.74, 6) is 0.636. The van der Waals surface area contributed by atoms with E-state index in [1.165, 1.54) is 5.56 Å². The van der Waals surface area contributed by atoms with E-state index < -0.39 is 5.91 Å². The van der Waals surface area contributed by atoms with Crippen LogP contribution in [0.2, 0.25) is 0 Å².